The largest absolute Gasteiger partial charge is 0.383 e. The summed E-state index contributed by atoms with van der Waals surface area (Å²) in [5.41, 5.74) is 10.9. The summed E-state index contributed by atoms with van der Waals surface area (Å²) in [6.45, 7) is 4.56. The Hall–Kier alpha value is -4.43. The lowest BCUT2D eigenvalue weighted by atomic mass is 9.98. The molecule has 0 amide bonds. The van der Waals surface area contributed by atoms with Gasteiger partial charge in [0.1, 0.15) is 17.7 Å². The zero-order valence-corrected chi connectivity index (χ0v) is 21.8. The molecule has 4 N–H and O–H groups in total. The Morgan fingerprint density at radius 2 is 1.90 bits per heavy atom. The van der Waals surface area contributed by atoms with Gasteiger partial charge in [-0.1, -0.05) is 43.3 Å². The number of fused-ring (bicyclic) bond motifs is 1. The Balaban J connectivity index is 1.46. The van der Waals surface area contributed by atoms with Crippen molar-refractivity contribution < 1.29 is 9.13 Å². The zero-order chi connectivity index (χ0) is 26.8. The number of pyridine rings is 1. The van der Waals surface area contributed by atoms with Crippen LogP contribution in [0.4, 0.5) is 21.6 Å². The number of aryl methyl sites for hydroxylation is 1. The molecule has 8 heteroatoms. The number of nitrogens with zero attached hydrogens (tertiary/aromatic N) is 3. The molecule has 2 aromatic heterocycles. The summed E-state index contributed by atoms with van der Waals surface area (Å²) in [5, 5.41) is 5.40. The number of aromatic amines is 1. The Morgan fingerprint density at radius 3 is 2.69 bits per heavy atom. The Morgan fingerprint density at radius 1 is 1.08 bits per heavy atom. The Labute approximate surface area is 226 Å². The molecule has 6 rings (SSSR count). The summed E-state index contributed by atoms with van der Waals surface area (Å²) < 4.78 is 22.0. The van der Waals surface area contributed by atoms with Gasteiger partial charge < -0.3 is 25.7 Å². The molecule has 0 radical (unpaired) electrons. The lowest BCUT2D eigenvalue weighted by Crippen LogP contribution is -2.37. The van der Waals surface area contributed by atoms with Gasteiger partial charge in [-0.2, -0.15) is 0 Å². The number of anilines is 3. The molecule has 1 aliphatic rings. The van der Waals surface area contributed by atoms with Crippen molar-refractivity contribution in [2.75, 3.05) is 42.3 Å². The summed E-state index contributed by atoms with van der Waals surface area (Å²) in [6, 6.07) is 21.1. The third-order valence-electron chi connectivity index (χ3n) is 7.26. The Bertz CT molecular complexity index is 1600. The van der Waals surface area contributed by atoms with E-state index in [0.717, 1.165) is 39.7 Å². The van der Waals surface area contributed by atoms with Crippen LogP contribution in [0.2, 0.25) is 0 Å². The first kappa shape index (κ1) is 24.9. The first-order chi connectivity index (χ1) is 19.1. The molecule has 3 aromatic carbocycles. The van der Waals surface area contributed by atoms with Crippen molar-refractivity contribution in [3.8, 4) is 11.3 Å². The normalized spacial score (nSPS) is 14.5. The van der Waals surface area contributed by atoms with Crippen LogP contribution in [0.3, 0.4) is 0 Å². The van der Waals surface area contributed by atoms with E-state index >= 15 is 4.39 Å². The van der Waals surface area contributed by atoms with Gasteiger partial charge in [-0.3, -0.25) is 0 Å². The summed E-state index contributed by atoms with van der Waals surface area (Å²) in [4.78, 5) is 14.5. The van der Waals surface area contributed by atoms with Gasteiger partial charge in [0, 0.05) is 47.7 Å². The second kappa shape index (κ2) is 10.7. The Kier molecular flexibility index (Phi) is 6.85. The highest BCUT2D eigenvalue weighted by Gasteiger charge is 2.26. The zero-order valence-electron chi connectivity index (χ0n) is 21.8. The van der Waals surface area contributed by atoms with Crippen LogP contribution >= 0.6 is 0 Å². The van der Waals surface area contributed by atoms with Gasteiger partial charge in [-0.15, -0.1) is 0 Å². The number of ether oxygens (including phenoxy) is 1. The predicted octanol–water partition coefficient (Wildman–Crippen LogP) is 5.95. The van der Waals surface area contributed by atoms with Gasteiger partial charge in [0.25, 0.3) is 0 Å². The van der Waals surface area contributed by atoms with Crippen LogP contribution < -0.4 is 16.0 Å². The number of nitrogens with two attached hydrogens (primary N) is 1. The molecule has 39 heavy (non-hydrogen) atoms. The number of imidazole rings is 1. The molecule has 0 aliphatic carbocycles. The average molecular weight is 523 g/mol. The molecule has 1 unspecified atom stereocenters. The van der Waals surface area contributed by atoms with E-state index in [-0.39, 0.29) is 5.82 Å². The highest BCUT2D eigenvalue weighted by molar-refractivity contribution is 5.93. The molecule has 1 fully saturated rings. The van der Waals surface area contributed by atoms with Crippen molar-refractivity contribution in [1.82, 2.24) is 15.0 Å². The van der Waals surface area contributed by atoms with Gasteiger partial charge in [-0.25, -0.2) is 14.4 Å². The number of hydrogen-bond donors (Lipinski definition) is 3. The van der Waals surface area contributed by atoms with Gasteiger partial charge in [0.2, 0.25) is 0 Å². The summed E-state index contributed by atoms with van der Waals surface area (Å²) in [6.07, 6.45) is 4.35. The number of H-pyrrole nitrogens is 1. The van der Waals surface area contributed by atoms with E-state index in [2.05, 4.69) is 27.1 Å². The molecule has 0 spiro atoms. The number of benzene rings is 3. The van der Waals surface area contributed by atoms with Crippen molar-refractivity contribution in [2.45, 2.75) is 19.4 Å². The lowest BCUT2D eigenvalue weighted by molar-refractivity contribution is 0.122. The van der Waals surface area contributed by atoms with Crippen LogP contribution in [0.15, 0.2) is 79.1 Å². The molecular weight excluding hydrogens is 491 g/mol. The van der Waals surface area contributed by atoms with Crippen molar-refractivity contribution in [3.05, 3.63) is 102 Å². The van der Waals surface area contributed by atoms with Crippen LogP contribution in [-0.4, -0.2) is 41.3 Å². The predicted molar refractivity (Wildman–Crippen MR) is 154 cm³/mol. The molecule has 0 saturated carbocycles. The van der Waals surface area contributed by atoms with E-state index in [9.17, 15) is 0 Å². The number of halogens is 1. The average Bonchev–Trinajstić information content (AvgIpc) is 3.47. The van der Waals surface area contributed by atoms with E-state index < -0.39 is 6.04 Å². The molecule has 1 saturated heterocycles. The van der Waals surface area contributed by atoms with Crippen LogP contribution in [0, 0.1) is 5.82 Å². The van der Waals surface area contributed by atoms with Gasteiger partial charge in [0.15, 0.2) is 5.82 Å². The molecule has 7 nitrogen and oxygen atoms in total. The number of hydrogen-bond acceptors (Lipinski definition) is 6. The van der Waals surface area contributed by atoms with E-state index in [1.54, 1.807) is 6.20 Å². The van der Waals surface area contributed by atoms with E-state index in [1.807, 2.05) is 72.9 Å². The van der Waals surface area contributed by atoms with E-state index in [0.29, 0.717) is 49.2 Å². The summed E-state index contributed by atoms with van der Waals surface area (Å²) >= 11 is 0. The maximum atomic E-state index is 16.5. The first-order valence-electron chi connectivity index (χ1n) is 13.3. The lowest BCUT2D eigenvalue weighted by Gasteiger charge is -2.31. The first-order valence-corrected chi connectivity index (χ1v) is 13.3. The van der Waals surface area contributed by atoms with Crippen molar-refractivity contribution in [2.24, 2.45) is 0 Å². The molecule has 198 valence electrons. The highest BCUT2D eigenvalue weighted by Crippen LogP contribution is 2.35. The fourth-order valence-corrected chi connectivity index (χ4v) is 5.13. The maximum absolute atomic E-state index is 16.5. The molecule has 5 aromatic rings. The van der Waals surface area contributed by atoms with Crippen LogP contribution in [0.1, 0.15) is 29.9 Å². The van der Waals surface area contributed by atoms with Crippen LogP contribution in [-0.2, 0) is 11.2 Å². The third kappa shape index (κ3) is 5.03. The minimum Gasteiger partial charge on any atom is -0.383 e. The fraction of sp³-hybridized carbons (Fsp3) is 0.226. The standard InChI is InChI=1S/C31H31FN6O/c1-2-20-16-25(28(32)27(17-20)38-12-14-39-15-13-38)29(31-35-19-26(37-31)21-6-4-3-5-7-21)36-23-8-9-24-22(18-23)10-11-34-30(24)33/h3-11,16-19,29,36H,2,12-15H2,1H3,(H2,33,34)(H,35,37). The van der Waals surface area contributed by atoms with Crippen LogP contribution in [0.5, 0.6) is 0 Å². The molecular formula is C31H31FN6O. The van der Waals surface area contributed by atoms with Crippen LogP contribution in [0.25, 0.3) is 22.0 Å². The summed E-state index contributed by atoms with van der Waals surface area (Å²) in [7, 11) is 0. The molecule has 1 aliphatic heterocycles. The number of morpholine rings is 1. The summed E-state index contributed by atoms with van der Waals surface area (Å²) in [5.74, 6) is 0.854. The fourth-order valence-electron chi connectivity index (χ4n) is 5.13. The quantitative estimate of drug-likeness (QED) is 0.245. The SMILES string of the molecule is CCc1cc(C(Nc2ccc3c(N)nccc3c2)c2nc(-c3ccccc3)c[nH]2)c(F)c(N2CCOCC2)c1. The monoisotopic (exact) mass is 522 g/mol. The number of nitrogen functional groups attached to an aromatic ring is 1. The van der Waals surface area contributed by atoms with Crippen molar-refractivity contribution in [3.63, 3.8) is 0 Å². The second-order valence-corrected chi connectivity index (χ2v) is 9.72. The smallest absolute Gasteiger partial charge is 0.152 e. The maximum Gasteiger partial charge on any atom is 0.152 e. The van der Waals surface area contributed by atoms with Gasteiger partial charge in [0.05, 0.1) is 24.6 Å². The second-order valence-electron chi connectivity index (χ2n) is 9.72. The van der Waals surface area contributed by atoms with E-state index in [1.165, 1.54) is 0 Å². The van der Waals surface area contributed by atoms with Gasteiger partial charge in [-0.05, 0) is 47.7 Å². The number of rotatable bonds is 7. The topological polar surface area (TPSA) is 92.1 Å². The number of aromatic nitrogens is 3. The minimum absolute atomic E-state index is 0.251. The third-order valence-corrected chi connectivity index (χ3v) is 7.26. The number of nitrogens with one attached hydrogen (secondary N) is 2. The van der Waals surface area contributed by atoms with E-state index in [4.69, 9.17) is 15.5 Å². The molecule has 1 atom stereocenters. The van der Waals surface area contributed by atoms with Gasteiger partial charge >= 0.3 is 0 Å². The van der Waals surface area contributed by atoms with Crippen molar-refractivity contribution in [1.29, 1.82) is 0 Å². The molecule has 0 bridgehead atoms. The minimum atomic E-state index is -0.564. The highest BCUT2D eigenvalue weighted by atomic mass is 19.1. The van der Waals surface area contributed by atoms with Crippen molar-refractivity contribution >= 4 is 28.0 Å². The molecule has 3 heterocycles.